The molecule has 2 aromatic carbocycles. The van der Waals surface area contributed by atoms with E-state index in [4.69, 9.17) is 4.74 Å². The van der Waals surface area contributed by atoms with Crippen LogP contribution in [0.4, 0.5) is 11.4 Å². The normalized spacial score (nSPS) is 19.0. The average Bonchev–Trinajstić information content (AvgIpc) is 3.26. The van der Waals surface area contributed by atoms with Crippen LogP contribution in [0.2, 0.25) is 0 Å². The molecule has 2 aromatic rings. The van der Waals surface area contributed by atoms with Gasteiger partial charge in [0.25, 0.3) is 0 Å². The van der Waals surface area contributed by atoms with Crippen molar-refractivity contribution < 1.29 is 14.3 Å². The van der Waals surface area contributed by atoms with E-state index in [9.17, 15) is 9.59 Å². The minimum Gasteiger partial charge on any atom is -0.494 e. The van der Waals surface area contributed by atoms with Gasteiger partial charge in [-0.15, -0.1) is 0 Å². The molecule has 2 amide bonds. The summed E-state index contributed by atoms with van der Waals surface area (Å²) < 4.78 is 5.45. The first kappa shape index (κ1) is 16.6. The number of nitrogens with zero attached hydrogens (tertiary/aromatic N) is 2. The fraction of sp³-hybridized carbons (Fsp3) is 0.333. The Morgan fingerprint density at radius 3 is 2.69 bits per heavy atom. The SMILES string of the molecule is CCOc1ccc(N2C[C@H](C(=O)N3CCc4ccccc43)CC2=O)cc1. The van der Waals surface area contributed by atoms with E-state index in [0.29, 0.717) is 19.7 Å². The van der Waals surface area contributed by atoms with Gasteiger partial charge in [0.05, 0.1) is 12.5 Å². The van der Waals surface area contributed by atoms with Crippen molar-refractivity contribution in [1.29, 1.82) is 0 Å². The third-order valence-electron chi connectivity index (χ3n) is 5.09. The van der Waals surface area contributed by atoms with E-state index in [0.717, 1.165) is 23.5 Å². The molecule has 4 rings (SSSR count). The Hall–Kier alpha value is -2.82. The number of anilines is 2. The molecule has 0 N–H and O–H groups in total. The van der Waals surface area contributed by atoms with E-state index in [1.165, 1.54) is 5.56 Å². The highest BCUT2D eigenvalue weighted by Crippen LogP contribution is 2.32. The number of hydrogen-bond donors (Lipinski definition) is 0. The first-order chi connectivity index (χ1) is 12.7. The standard InChI is InChI=1S/C21H22N2O3/c1-2-26-18-9-7-17(8-10-18)23-14-16(13-20(23)24)21(25)22-12-11-15-5-3-4-6-19(15)22/h3-10,16H,2,11-14H2,1H3/t16-/m1/s1. The number of fused-ring (bicyclic) bond motifs is 1. The molecule has 0 unspecified atom stereocenters. The summed E-state index contributed by atoms with van der Waals surface area (Å²) in [5.41, 5.74) is 3.01. The zero-order valence-electron chi connectivity index (χ0n) is 14.9. The van der Waals surface area contributed by atoms with Crippen molar-refractivity contribution in [3.8, 4) is 5.75 Å². The van der Waals surface area contributed by atoms with Crippen molar-refractivity contribution in [2.24, 2.45) is 5.92 Å². The smallest absolute Gasteiger partial charge is 0.232 e. The summed E-state index contributed by atoms with van der Waals surface area (Å²) in [4.78, 5) is 29.0. The minimum absolute atomic E-state index is 0.00000743. The predicted octanol–water partition coefficient (Wildman–Crippen LogP) is 3.03. The van der Waals surface area contributed by atoms with Gasteiger partial charge in [-0.2, -0.15) is 0 Å². The minimum atomic E-state index is -0.291. The molecule has 2 heterocycles. The van der Waals surface area contributed by atoms with Crippen LogP contribution < -0.4 is 14.5 Å². The van der Waals surface area contributed by atoms with E-state index < -0.39 is 0 Å². The second kappa shape index (κ2) is 6.83. The van der Waals surface area contributed by atoms with Crippen LogP contribution in [-0.2, 0) is 16.0 Å². The third-order valence-corrected chi connectivity index (χ3v) is 5.09. The Morgan fingerprint density at radius 2 is 1.92 bits per heavy atom. The van der Waals surface area contributed by atoms with Gasteiger partial charge in [0.15, 0.2) is 0 Å². The Kier molecular flexibility index (Phi) is 4.37. The van der Waals surface area contributed by atoms with Crippen molar-refractivity contribution in [3.05, 3.63) is 54.1 Å². The molecule has 0 radical (unpaired) electrons. The van der Waals surface area contributed by atoms with Crippen molar-refractivity contribution >= 4 is 23.2 Å². The molecule has 2 aliphatic heterocycles. The summed E-state index contributed by atoms with van der Waals surface area (Å²) in [6.07, 6.45) is 1.15. The van der Waals surface area contributed by atoms with Gasteiger partial charge in [-0.1, -0.05) is 18.2 Å². The van der Waals surface area contributed by atoms with Gasteiger partial charge >= 0.3 is 0 Å². The van der Waals surface area contributed by atoms with Gasteiger partial charge in [0, 0.05) is 30.9 Å². The summed E-state index contributed by atoms with van der Waals surface area (Å²) in [5.74, 6) is 0.543. The van der Waals surface area contributed by atoms with Crippen LogP contribution >= 0.6 is 0 Å². The van der Waals surface area contributed by atoms with E-state index in [1.54, 1.807) is 4.90 Å². The van der Waals surface area contributed by atoms with Crippen molar-refractivity contribution in [2.75, 3.05) is 29.5 Å². The van der Waals surface area contributed by atoms with Gasteiger partial charge in [-0.25, -0.2) is 0 Å². The molecule has 134 valence electrons. The zero-order chi connectivity index (χ0) is 18.1. The Bertz CT molecular complexity index is 831. The summed E-state index contributed by atoms with van der Waals surface area (Å²) >= 11 is 0. The summed E-state index contributed by atoms with van der Waals surface area (Å²) in [7, 11) is 0. The van der Waals surface area contributed by atoms with Gasteiger partial charge in [-0.05, 0) is 49.2 Å². The number of para-hydroxylation sites is 1. The largest absolute Gasteiger partial charge is 0.494 e. The second-order valence-corrected chi connectivity index (χ2v) is 6.70. The summed E-state index contributed by atoms with van der Waals surface area (Å²) in [6, 6.07) is 15.5. The van der Waals surface area contributed by atoms with Crippen LogP contribution in [0, 0.1) is 5.92 Å². The Morgan fingerprint density at radius 1 is 1.15 bits per heavy atom. The molecule has 5 nitrogen and oxygen atoms in total. The lowest BCUT2D eigenvalue weighted by Gasteiger charge is -2.22. The molecule has 5 heteroatoms. The highest BCUT2D eigenvalue weighted by molar-refractivity contribution is 6.05. The molecule has 0 spiro atoms. The van der Waals surface area contributed by atoms with Crippen molar-refractivity contribution in [2.45, 2.75) is 19.8 Å². The van der Waals surface area contributed by atoms with Crippen LogP contribution in [0.3, 0.4) is 0 Å². The first-order valence-corrected chi connectivity index (χ1v) is 9.10. The molecule has 0 saturated carbocycles. The zero-order valence-corrected chi connectivity index (χ0v) is 14.9. The van der Waals surface area contributed by atoms with E-state index in [-0.39, 0.29) is 24.2 Å². The number of amides is 2. The molecular formula is C21H22N2O3. The summed E-state index contributed by atoms with van der Waals surface area (Å²) in [5, 5.41) is 0. The highest BCUT2D eigenvalue weighted by atomic mass is 16.5. The lowest BCUT2D eigenvalue weighted by atomic mass is 10.1. The van der Waals surface area contributed by atoms with Crippen LogP contribution in [0.25, 0.3) is 0 Å². The number of ether oxygens (including phenoxy) is 1. The van der Waals surface area contributed by atoms with Crippen LogP contribution in [-0.4, -0.2) is 31.5 Å². The molecule has 1 atom stereocenters. The van der Waals surface area contributed by atoms with E-state index >= 15 is 0 Å². The van der Waals surface area contributed by atoms with Gasteiger partial charge in [0.2, 0.25) is 11.8 Å². The third kappa shape index (κ3) is 2.94. The average molecular weight is 350 g/mol. The maximum Gasteiger partial charge on any atom is 0.232 e. The van der Waals surface area contributed by atoms with Gasteiger partial charge in [0.1, 0.15) is 5.75 Å². The van der Waals surface area contributed by atoms with Gasteiger partial charge < -0.3 is 14.5 Å². The quantitative estimate of drug-likeness (QED) is 0.852. The summed E-state index contributed by atoms with van der Waals surface area (Å²) in [6.45, 7) is 3.68. The molecule has 0 aromatic heterocycles. The molecule has 26 heavy (non-hydrogen) atoms. The lowest BCUT2D eigenvalue weighted by molar-refractivity contribution is -0.124. The number of carbonyl (C=O) groups excluding carboxylic acids is 2. The number of rotatable bonds is 4. The van der Waals surface area contributed by atoms with Crippen LogP contribution in [0.15, 0.2) is 48.5 Å². The molecule has 1 fully saturated rings. The second-order valence-electron chi connectivity index (χ2n) is 6.70. The number of carbonyl (C=O) groups is 2. The maximum absolute atomic E-state index is 13.0. The number of hydrogen-bond acceptors (Lipinski definition) is 3. The Labute approximate surface area is 153 Å². The maximum atomic E-state index is 13.0. The molecular weight excluding hydrogens is 328 g/mol. The van der Waals surface area contributed by atoms with E-state index in [2.05, 4.69) is 6.07 Å². The number of benzene rings is 2. The monoisotopic (exact) mass is 350 g/mol. The molecule has 0 bridgehead atoms. The highest BCUT2D eigenvalue weighted by Gasteiger charge is 2.38. The lowest BCUT2D eigenvalue weighted by Crippen LogP contribution is -2.36. The molecule has 2 aliphatic rings. The molecule has 0 aliphatic carbocycles. The van der Waals surface area contributed by atoms with Crippen LogP contribution in [0.1, 0.15) is 18.9 Å². The Balaban J connectivity index is 1.48. The fourth-order valence-electron chi connectivity index (χ4n) is 3.80. The van der Waals surface area contributed by atoms with E-state index in [1.807, 2.05) is 54.3 Å². The van der Waals surface area contributed by atoms with Gasteiger partial charge in [-0.3, -0.25) is 9.59 Å². The van der Waals surface area contributed by atoms with Crippen molar-refractivity contribution in [3.63, 3.8) is 0 Å². The molecule has 1 saturated heterocycles. The van der Waals surface area contributed by atoms with Crippen LogP contribution in [0.5, 0.6) is 5.75 Å². The first-order valence-electron chi connectivity index (χ1n) is 9.10. The van der Waals surface area contributed by atoms with Crippen molar-refractivity contribution in [1.82, 2.24) is 0 Å². The fourth-order valence-corrected chi connectivity index (χ4v) is 3.80. The predicted molar refractivity (Wildman–Crippen MR) is 101 cm³/mol. The topological polar surface area (TPSA) is 49.9 Å².